The van der Waals surface area contributed by atoms with Gasteiger partial charge in [0.25, 0.3) is 0 Å². The maximum Gasteiger partial charge on any atom is 0.0402 e. The molecule has 0 amide bonds. The van der Waals surface area contributed by atoms with Gasteiger partial charge < -0.3 is 10.2 Å². The van der Waals surface area contributed by atoms with E-state index < -0.39 is 0 Å². The van der Waals surface area contributed by atoms with E-state index in [4.69, 9.17) is 0 Å². The van der Waals surface area contributed by atoms with Crippen molar-refractivity contribution in [2.45, 2.75) is 26.7 Å². The lowest BCUT2D eigenvalue weighted by molar-refractivity contribution is 0.622. The fourth-order valence-electron chi connectivity index (χ4n) is 2.70. The Morgan fingerprint density at radius 3 is 2.88 bits per heavy atom. The van der Waals surface area contributed by atoms with Crippen molar-refractivity contribution >= 4 is 5.69 Å². The monoisotopic (exact) mass is 232 g/mol. The highest BCUT2D eigenvalue weighted by atomic mass is 15.1. The molecule has 0 radical (unpaired) electrons. The number of nitrogens with zero attached hydrogens (tertiary/aromatic N) is 1. The van der Waals surface area contributed by atoms with Gasteiger partial charge in [-0.3, -0.25) is 0 Å². The zero-order valence-corrected chi connectivity index (χ0v) is 11.3. The average molecular weight is 232 g/mol. The maximum absolute atomic E-state index is 3.24. The van der Waals surface area contributed by atoms with Gasteiger partial charge in [0.05, 0.1) is 0 Å². The van der Waals surface area contributed by atoms with Crippen molar-refractivity contribution in [2.24, 2.45) is 5.92 Å². The van der Waals surface area contributed by atoms with E-state index in [9.17, 15) is 0 Å². The smallest absolute Gasteiger partial charge is 0.0402 e. The SMILES string of the molecule is CNCCc1cccc2c1CCN2CC(C)C. The van der Waals surface area contributed by atoms with E-state index in [1.54, 1.807) is 5.56 Å². The first kappa shape index (κ1) is 12.4. The molecule has 1 aromatic rings. The van der Waals surface area contributed by atoms with Crippen LogP contribution < -0.4 is 10.2 Å². The molecule has 1 heterocycles. The summed E-state index contributed by atoms with van der Waals surface area (Å²) in [5, 5.41) is 3.24. The highest BCUT2D eigenvalue weighted by Crippen LogP contribution is 2.31. The molecule has 0 atom stereocenters. The fraction of sp³-hybridized carbons (Fsp3) is 0.600. The molecule has 2 rings (SSSR count). The molecule has 17 heavy (non-hydrogen) atoms. The Balaban J connectivity index is 2.17. The van der Waals surface area contributed by atoms with Crippen molar-refractivity contribution in [3.8, 4) is 0 Å². The third kappa shape index (κ3) is 2.81. The minimum Gasteiger partial charge on any atom is -0.371 e. The number of hydrogen-bond acceptors (Lipinski definition) is 2. The Hall–Kier alpha value is -1.02. The van der Waals surface area contributed by atoms with Gasteiger partial charge in [0.1, 0.15) is 0 Å². The van der Waals surface area contributed by atoms with Crippen molar-refractivity contribution in [1.82, 2.24) is 5.32 Å². The number of hydrogen-bond donors (Lipinski definition) is 1. The molecule has 1 aliphatic rings. The van der Waals surface area contributed by atoms with E-state index >= 15 is 0 Å². The van der Waals surface area contributed by atoms with Crippen LogP contribution in [0.25, 0.3) is 0 Å². The molecule has 1 N–H and O–H groups in total. The number of benzene rings is 1. The van der Waals surface area contributed by atoms with Crippen LogP contribution in [0, 0.1) is 5.92 Å². The molecule has 1 aromatic carbocycles. The number of likely N-dealkylation sites (N-methyl/N-ethyl adjacent to an activating group) is 1. The van der Waals surface area contributed by atoms with Crippen molar-refractivity contribution < 1.29 is 0 Å². The zero-order chi connectivity index (χ0) is 12.3. The van der Waals surface area contributed by atoms with E-state index in [1.165, 1.54) is 30.8 Å². The minimum absolute atomic E-state index is 0.738. The van der Waals surface area contributed by atoms with Crippen molar-refractivity contribution in [3.05, 3.63) is 29.3 Å². The van der Waals surface area contributed by atoms with Crippen LogP contribution in [0.4, 0.5) is 5.69 Å². The van der Waals surface area contributed by atoms with Crippen LogP contribution in [0.1, 0.15) is 25.0 Å². The van der Waals surface area contributed by atoms with Gasteiger partial charge in [0.15, 0.2) is 0 Å². The standard InChI is InChI=1S/C15H24N2/c1-12(2)11-17-10-8-14-13(7-9-16-3)5-4-6-15(14)17/h4-6,12,16H,7-11H2,1-3H3. The van der Waals surface area contributed by atoms with Crippen LogP contribution >= 0.6 is 0 Å². The quantitative estimate of drug-likeness (QED) is 0.839. The van der Waals surface area contributed by atoms with E-state index in [0.717, 1.165) is 18.9 Å². The van der Waals surface area contributed by atoms with E-state index in [0.29, 0.717) is 0 Å². The largest absolute Gasteiger partial charge is 0.371 e. The number of anilines is 1. The third-order valence-corrected chi connectivity index (χ3v) is 3.45. The van der Waals surface area contributed by atoms with Crippen LogP contribution in [0.15, 0.2) is 18.2 Å². The van der Waals surface area contributed by atoms with Crippen molar-refractivity contribution in [3.63, 3.8) is 0 Å². The molecule has 2 heteroatoms. The van der Waals surface area contributed by atoms with Gasteiger partial charge in [-0.05, 0) is 49.5 Å². The van der Waals surface area contributed by atoms with E-state index in [-0.39, 0.29) is 0 Å². The highest BCUT2D eigenvalue weighted by molar-refractivity contribution is 5.61. The molecule has 0 fully saturated rings. The lowest BCUT2D eigenvalue weighted by Crippen LogP contribution is -2.25. The van der Waals surface area contributed by atoms with Crippen LogP contribution in [0.2, 0.25) is 0 Å². The van der Waals surface area contributed by atoms with Gasteiger partial charge in [-0.15, -0.1) is 0 Å². The Morgan fingerprint density at radius 2 is 2.18 bits per heavy atom. The summed E-state index contributed by atoms with van der Waals surface area (Å²) < 4.78 is 0. The Bertz CT molecular complexity index is 371. The van der Waals surface area contributed by atoms with Gasteiger partial charge >= 0.3 is 0 Å². The molecule has 0 unspecified atom stereocenters. The number of nitrogens with one attached hydrogen (secondary N) is 1. The Labute approximate surface area is 105 Å². The molecule has 0 saturated heterocycles. The van der Waals surface area contributed by atoms with Crippen molar-refractivity contribution in [1.29, 1.82) is 0 Å². The maximum atomic E-state index is 3.24. The molecule has 0 spiro atoms. The summed E-state index contributed by atoms with van der Waals surface area (Å²) >= 11 is 0. The number of rotatable bonds is 5. The normalized spacial score (nSPS) is 14.5. The molecule has 94 valence electrons. The Morgan fingerprint density at radius 1 is 1.35 bits per heavy atom. The summed E-state index contributed by atoms with van der Waals surface area (Å²) in [5.41, 5.74) is 4.60. The van der Waals surface area contributed by atoms with E-state index in [1.807, 2.05) is 7.05 Å². The molecule has 0 bridgehead atoms. The predicted octanol–water partition coefficient (Wildman–Crippen LogP) is 2.47. The van der Waals surface area contributed by atoms with Gasteiger partial charge in [0, 0.05) is 18.8 Å². The Kier molecular flexibility index (Phi) is 4.06. The minimum atomic E-state index is 0.738. The first-order chi connectivity index (χ1) is 8.22. The topological polar surface area (TPSA) is 15.3 Å². The first-order valence-electron chi connectivity index (χ1n) is 6.72. The number of fused-ring (bicyclic) bond motifs is 1. The second-order valence-corrected chi connectivity index (χ2v) is 5.36. The predicted molar refractivity (Wildman–Crippen MR) is 74.8 cm³/mol. The van der Waals surface area contributed by atoms with Crippen LogP contribution in [0.5, 0.6) is 0 Å². The second kappa shape index (κ2) is 5.54. The summed E-state index contributed by atoms with van der Waals surface area (Å²) in [6.07, 6.45) is 2.37. The summed E-state index contributed by atoms with van der Waals surface area (Å²) in [4.78, 5) is 2.54. The summed E-state index contributed by atoms with van der Waals surface area (Å²) in [6.45, 7) is 8.04. The summed E-state index contributed by atoms with van der Waals surface area (Å²) in [5.74, 6) is 0.738. The molecule has 1 aliphatic heterocycles. The van der Waals surface area contributed by atoms with E-state index in [2.05, 4.69) is 42.3 Å². The van der Waals surface area contributed by atoms with Crippen LogP contribution in [-0.4, -0.2) is 26.7 Å². The molecule has 0 aromatic heterocycles. The molecule has 0 aliphatic carbocycles. The van der Waals surface area contributed by atoms with Crippen molar-refractivity contribution in [2.75, 3.05) is 31.6 Å². The fourth-order valence-corrected chi connectivity index (χ4v) is 2.70. The lowest BCUT2D eigenvalue weighted by atomic mass is 10.0. The lowest BCUT2D eigenvalue weighted by Gasteiger charge is -2.22. The first-order valence-corrected chi connectivity index (χ1v) is 6.72. The van der Waals surface area contributed by atoms with Gasteiger partial charge in [-0.25, -0.2) is 0 Å². The highest BCUT2D eigenvalue weighted by Gasteiger charge is 2.21. The van der Waals surface area contributed by atoms with Crippen LogP contribution in [0.3, 0.4) is 0 Å². The molecular formula is C15H24N2. The zero-order valence-electron chi connectivity index (χ0n) is 11.3. The molecular weight excluding hydrogens is 208 g/mol. The summed E-state index contributed by atoms with van der Waals surface area (Å²) in [7, 11) is 2.02. The van der Waals surface area contributed by atoms with Gasteiger partial charge in [0.2, 0.25) is 0 Å². The molecule has 2 nitrogen and oxygen atoms in total. The average Bonchev–Trinajstić information content (AvgIpc) is 2.70. The van der Waals surface area contributed by atoms with Crippen LogP contribution in [-0.2, 0) is 12.8 Å². The summed E-state index contributed by atoms with van der Waals surface area (Å²) in [6, 6.07) is 6.78. The third-order valence-electron chi connectivity index (χ3n) is 3.45. The van der Waals surface area contributed by atoms with Gasteiger partial charge in [-0.1, -0.05) is 26.0 Å². The molecule has 0 saturated carbocycles. The second-order valence-electron chi connectivity index (χ2n) is 5.36. The van der Waals surface area contributed by atoms with Gasteiger partial charge in [-0.2, -0.15) is 0 Å².